The summed E-state index contributed by atoms with van der Waals surface area (Å²) in [6.07, 6.45) is -0.619. The number of rotatable bonds is 4. The molecular weight excluding hydrogens is 343 g/mol. The molecule has 27 heavy (non-hydrogen) atoms. The maximum absolute atomic E-state index is 13.4. The van der Waals surface area contributed by atoms with Gasteiger partial charge in [0, 0.05) is 5.56 Å². The first kappa shape index (κ1) is 16.9. The molecular formula is C21H17FN4O. The standard InChI is InChI=1S/C21H17FN4O/c1-14-6-8-16(9-7-14)21(27)23-20(15-10-12-17(22)13-11-15)26-19-5-3-2-4-18(19)24-25-26/h2-13,20H,1H3,(H,23,27). The van der Waals surface area contributed by atoms with Crippen LogP contribution in [0.2, 0.25) is 0 Å². The second-order valence-electron chi connectivity index (χ2n) is 6.32. The van der Waals surface area contributed by atoms with Crippen LogP contribution < -0.4 is 5.32 Å². The molecule has 134 valence electrons. The number of aromatic nitrogens is 3. The summed E-state index contributed by atoms with van der Waals surface area (Å²) in [7, 11) is 0. The van der Waals surface area contributed by atoms with Crippen LogP contribution in [0, 0.1) is 12.7 Å². The van der Waals surface area contributed by atoms with Crippen molar-refractivity contribution in [2.75, 3.05) is 0 Å². The van der Waals surface area contributed by atoms with E-state index in [1.807, 2.05) is 43.3 Å². The van der Waals surface area contributed by atoms with Gasteiger partial charge in [0.2, 0.25) is 0 Å². The maximum atomic E-state index is 13.4. The lowest BCUT2D eigenvalue weighted by atomic mass is 10.1. The summed E-state index contributed by atoms with van der Waals surface area (Å²) in [5.74, 6) is -0.588. The van der Waals surface area contributed by atoms with Crippen molar-refractivity contribution in [1.29, 1.82) is 0 Å². The molecule has 0 spiro atoms. The Morgan fingerprint density at radius 1 is 1.00 bits per heavy atom. The molecule has 4 rings (SSSR count). The molecule has 0 aliphatic heterocycles. The average molecular weight is 360 g/mol. The Morgan fingerprint density at radius 2 is 1.70 bits per heavy atom. The highest BCUT2D eigenvalue weighted by Crippen LogP contribution is 2.21. The van der Waals surface area contributed by atoms with Crippen molar-refractivity contribution >= 4 is 16.9 Å². The van der Waals surface area contributed by atoms with Crippen molar-refractivity contribution in [1.82, 2.24) is 20.3 Å². The molecule has 4 aromatic rings. The van der Waals surface area contributed by atoms with Crippen LogP contribution in [-0.4, -0.2) is 20.9 Å². The van der Waals surface area contributed by atoms with E-state index in [4.69, 9.17) is 0 Å². The van der Waals surface area contributed by atoms with E-state index in [-0.39, 0.29) is 11.7 Å². The molecule has 0 radical (unpaired) electrons. The van der Waals surface area contributed by atoms with Gasteiger partial charge in [0.15, 0.2) is 6.17 Å². The van der Waals surface area contributed by atoms with E-state index in [9.17, 15) is 9.18 Å². The molecule has 1 heterocycles. The summed E-state index contributed by atoms with van der Waals surface area (Å²) in [5.41, 5.74) is 3.80. The van der Waals surface area contributed by atoms with Crippen LogP contribution >= 0.6 is 0 Å². The van der Waals surface area contributed by atoms with Gasteiger partial charge in [-0.3, -0.25) is 4.79 Å². The van der Waals surface area contributed by atoms with E-state index in [1.165, 1.54) is 12.1 Å². The second-order valence-corrected chi connectivity index (χ2v) is 6.32. The highest BCUT2D eigenvalue weighted by atomic mass is 19.1. The molecule has 0 aliphatic carbocycles. The summed E-state index contributed by atoms with van der Waals surface area (Å²) in [5, 5.41) is 11.4. The van der Waals surface area contributed by atoms with E-state index >= 15 is 0 Å². The topological polar surface area (TPSA) is 59.8 Å². The molecule has 1 amide bonds. The minimum absolute atomic E-state index is 0.246. The van der Waals surface area contributed by atoms with Crippen LogP contribution in [0.5, 0.6) is 0 Å². The fraction of sp³-hybridized carbons (Fsp3) is 0.0952. The predicted molar refractivity (Wildman–Crippen MR) is 101 cm³/mol. The Morgan fingerprint density at radius 3 is 2.44 bits per heavy atom. The molecule has 1 N–H and O–H groups in total. The number of nitrogens with one attached hydrogen (secondary N) is 1. The van der Waals surface area contributed by atoms with E-state index in [0.717, 1.165) is 11.1 Å². The SMILES string of the molecule is Cc1ccc(C(=O)NC(c2ccc(F)cc2)n2nnc3ccccc32)cc1. The van der Waals surface area contributed by atoms with Crippen LogP contribution in [0.4, 0.5) is 4.39 Å². The molecule has 0 saturated carbocycles. The smallest absolute Gasteiger partial charge is 0.253 e. The number of hydrogen-bond donors (Lipinski definition) is 1. The fourth-order valence-corrected chi connectivity index (χ4v) is 2.92. The van der Waals surface area contributed by atoms with E-state index in [0.29, 0.717) is 16.6 Å². The van der Waals surface area contributed by atoms with Gasteiger partial charge in [0.25, 0.3) is 5.91 Å². The summed E-state index contributed by atoms with van der Waals surface area (Å²) < 4.78 is 15.0. The molecule has 0 saturated heterocycles. The summed E-state index contributed by atoms with van der Waals surface area (Å²) in [6, 6.07) is 20.8. The van der Waals surface area contributed by atoms with E-state index in [1.54, 1.807) is 28.9 Å². The molecule has 1 atom stereocenters. The number of hydrogen-bond acceptors (Lipinski definition) is 3. The third kappa shape index (κ3) is 3.42. The number of nitrogens with zero attached hydrogens (tertiary/aromatic N) is 3. The lowest BCUT2D eigenvalue weighted by Gasteiger charge is -2.20. The van der Waals surface area contributed by atoms with Crippen LogP contribution in [0.15, 0.2) is 72.8 Å². The van der Waals surface area contributed by atoms with Crippen LogP contribution in [0.1, 0.15) is 27.7 Å². The van der Waals surface area contributed by atoms with Gasteiger partial charge in [0.05, 0.1) is 5.52 Å². The van der Waals surface area contributed by atoms with Crippen molar-refractivity contribution in [3.05, 3.63) is 95.3 Å². The van der Waals surface area contributed by atoms with Crippen molar-refractivity contribution < 1.29 is 9.18 Å². The van der Waals surface area contributed by atoms with Crippen molar-refractivity contribution in [2.24, 2.45) is 0 Å². The second kappa shape index (κ2) is 6.99. The number of carbonyl (C=O) groups excluding carboxylic acids is 1. The highest BCUT2D eigenvalue weighted by Gasteiger charge is 2.21. The van der Waals surface area contributed by atoms with Crippen LogP contribution in [0.25, 0.3) is 11.0 Å². The predicted octanol–water partition coefficient (Wildman–Crippen LogP) is 3.86. The van der Waals surface area contributed by atoms with Crippen molar-refractivity contribution in [3.8, 4) is 0 Å². The van der Waals surface area contributed by atoms with Gasteiger partial charge in [-0.05, 0) is 48.9 Å². The van der Waals surface area contributed by atoms with Crippen molar-refractivity contribution in [2.45, 2.75) is 13.1 Å². The van der Waals surface area contributed by atoms with Crippen LogP contribution in [0.3, 0.4) is 0 Å². The van der Waals surface area contributed by atoms with E-state index < -0.39 is 6.17 Å². The molecule has 1 unspecified atom stereocenters. The number of benzene rings is 3. The highest BCUT2D eigenvalue weighted by molar-refractivity contribution is 5.94. The van der Waals surface area contributed by atoms with Gasteiger partial charge >= 0.3 is 0 Å². The Labute approximate surface area is 155 Å². The molecule has 6 heteroatoms. The Hall–Kier alpha value is -3.54. The molecule has 1 aromatic heterocycles. The summed E-state index contributed by atoms with van der Waals surface area (Å²) in [6.45, 7) is 1.96. The number of carbonyl (C=O) groups is 1. The van der Waals surface area contributed by atoms with Crippen molar-refractivity contribution in [3.63, 3.8) is 0 Å². The van der Waals surface area contributed by atoms with Crippen LogP contribution in [-0.2, 0) is 0 Å². The third-order valence-electron chi connectivity index (χ3n) is 4.39. The number of halogens is 1. The summed E-state index contributed by atoms with van der Waals surface area (Å²) >= 11 is 0. The monoisotopic (exact) mass is 360 g/mol. The third-order valence-corrected chi connectivity index (χ3v) is 4.39. The lowest BCUT2D eigenvalue weighted by Crippen LogP contribution is -2.34. The normalized spacial score (nSPS) is 12.1. The lowest BCUT2D eigenvalue weighted by molar-refractivity contribution is 0.0927. The van der Waals surface area contributed by atoms with Gasteiger partial charge in [0.1, 0.15) is 11.3 Å². The van der Waals surface area contributed by atoms with Gasteiger partial charge in [-0.15, -0.1) is 5.10 Å². The Bertz CT molecular complexity index is 1090. The average Bonchev–Trinajstić information content (AvgIpc) is 3.11. The maximum Gasteiger partial charge on any atom is 0.253 e. The molecule has 3 aromatic carbocycles. The fourth-order valence-electron chi connectivity index (χ4n) is 2.92. The van der Waals surface area contributed by atoms with Gasteiger partial charge < -0.3 is 5.32 Å². The van der Waals surface area contributed by atoms with Gasteiger partial charge in [-0.25, -0.2) is 9.07 Å². The first-order valence-electron chi connectivity index (χ1n) is 8.55. The number of amides is 1. The number of fused-ring (bicyclic) bond motifs is 1. The molecule has 0 aliphatic rings. The van der Waals surface area contributed by atoms with Gasteiger partial charge in [-0.1, -0.05) is 47.2 Å². The minimum atomic E-state index is -0.619. The Kier molecular flexibility index (Phi) is 4.38. The first-order valence-corrected chi connectivity index (χ1v) is 8.55. The van der Waals surface area contributed by atoms with E-state index in [2.05, 4.69) is 15.6 Å². The molecule has 0 fully saturated rings. The Balaban J connectivity index is 1.75. The van der Waals surface area contributed by atoms with Gasteiger partial charge in [-0.2, -0.15) is 0 Å². The zero-order chi connectivity index (χ0) is 18.8. The largest absolute Gasteiger partial charge is 0.326 e. The quantitative estimate of drug-likeness (QED) is 0.601. The number of aryl methyl sites for hydroxylation is 1. The molecule has 5 nitrogen and oxygen atoms in total. The zero-order valence-corrected chi connectivity index (χ0v) is 14.6. The minimum Gasteiger partial charge on any atom is -0.326 e. The summed E-state index contributed by atoms with van der Waals surface area (Å²) in [4.78, 5) is 12.8. The first-order chi connectivity index (χ1) is 13.1. The zero-order valence-electron chi connectivity index (χ0n) is 14.6. The number of para-hydroxylation sites is 1. The molecule has 0 bridgehead atoms.